The summed E-state index contributed by atoms with van der Waals surface area (Å²) < 4.78 is 13.0. The lowest BCUT2D eigenvalue weighted by Crippen LogP contribution is -2.50. The molecule has 1 amide bonds. The highest BCUT2D eigenvalue weighted by molar-refractivity contribution is 6.33. The zero-order valence-corrected chi connectivity index (χ0v) is 15.8. The average molecular weight is 376 g/mol. The summed E-state index contributed by atoms with van der Waals surface area (Å²) >= 11 is 6.28. The van der Waals surface area contributed by atoms with E-state index in [4.69, 9.17) is 11.6 Å². The van der Waals surface area contributed by atoms with Gasteiger partial charge in [0.15, 0.2) is 0 Å². The lowest BCUT2D eigenvalue weighted by Gasteiger charge is -2.36. The van der Waals surface area contributed by atoms with Crippen LogP contribution in [0.1, 0.15) is 11.1 Å². The number of hydrogen-bond acceptors (Lipinski definition) is 3. The quantitative estimate of drug-likeness (QED) is 0.881. The Bertz CT molecular complexity index is 763. The Balaban J connectivity index is 1.53. The summed E-state index contributed by atoms with van der Waals surface area (Å²) in [7, 11) is 0. The van der Waals surface area contributed by atoms with E-state index in [9.17, 15) is 9.18 Å². The van der Waals surface area contributed by atoms with Gasteiger partial charge in [0.05, 0.1) is 17.3 Å². The molecule has 2 aromatic carbocycles. The minimum Gasteiger partial charge on any atom is -0.375 e. The van der Waals surface area contributed by atoms with Gasteiger partial charge in [-0.1, -0.05) is 17.7 Å². The molecule has 1 heterocycles. The van der Waals surface area contributed by atoms with Gasteiger partial charge in [0, 0.05) is 31.9 Å². The first-order chi connectivity index (χ1) is 12.4. The molecular formula is C20H23ClFN3O. The van der Waals surface area contributed by atoms with Crippen molar-refractivity contribution in [1.82, 2.24) is 4.90 Å². The number of piperazine rings is 1. The zero-order valence-electron chi connectivity index (χ0n) is 15.1. The highest BCUT2D eigenvalue weighted by atomic mass is 35.5. The van der Waals surface area contributed by atoms with Crippen molar-refractivity contribution in [3.8, 4) is 0 Å². The molecule has 0 spiro atoms. The minimum atomic E-state index is -0.237. The van der Waals surface area contributed by atoms with Gasteiger partial charge < -0.3 is 15.1 Å². The third-order valence-corrected chi connectivity index (χ3v) is 4.97. The van der Waals surface area contributed by atoms with E-state index in [0.29, 0.717) is 18.1 Å². The molecule has 4 nitrogen and oxygen atoms in total. The third kappa shape index (κ3) is 4.28. The molecule has 0 unspecified atom stereocenters. The number of nitrogens with one attached hydrogen (secondary N) is 1. The molecular weight excluding hydrogens is 353 g/mol. The summed E-state index contributed by atoms with van der Waals surface area (Å²) in [6.45, 7) is 6.97. The van der Waals surface area contributed by atoms with Gasteiger partial charge in [-0.15, -0.1) is 0 Å². The van der Waals surface area contributed by atoms with E-state index in [-0.39, 0.29) is 18.3 Å². The second-order valence-electron chi connectivity index (χ2n) is 6.64. The highest BCUT2D eigenvalue weighted by Crippen LogP contribution is 2.27. The van der Waals surface area contributed by atoms with Crippen molar-refractivity contribution in [2.45, 2.75) is 13.8 Å². The molecule has 0 aromatic heterocycles. The van der Waals surface area contributed by atoms with Crippen LogP contribution < -0.4 is 10.2 Å². The van der Waals surface area contributed by atoms with Gasteiger partial charge >= 0.3 is 0 Å². The molecule has 6 heteroatoms. The van der Waals surface area contributed by atoms with Crippen LogP contribution in [0.2, 0.25) is 5.02 Å². The summed E-state index contributed by atoms with van der Waals surface area (Å²) in [6.07, 6.45) is 0. The first kappa shape index (κ1) is 18.5. The number of amides is 1. The van der Waals surface area contributed by atoms with E-state index in [1.165, 1.54) is 12.1 Å². The minimum absolute atomic E-state index is 0.0554. The number of anilines is 2. The van der Waals surface area contributed by atoms with Gasteiger partial charge in [0.1, 0.15) is 5.82 Å². The lowest BCUT2D eigenvalue weighted by atomic mass is 10.1. The van der Waals surface area contributed by atoms with Gasteiger partial charge in [-0.25, -0.2) is 4.39 Å². The van der Waals surface area contributed by atoms with Crippen molar-refractivity contribution in [2.75, 3.05) is 42.9 Å². The van der Waals surface area contributed by atoms with Crippen LogP contribution in [0.25, 0.3) is 0 Å². The first-order valence-electron chi connectivity index (χ1n) is 8.73. The maximum absolute atomic E-state index is 13.0. The molecule has 1 aliphatic rings. The largest absolute Gasteiger partial charge is 0.375 e. The van der Waals surface area contributed by atoms with Crippen molar-refractivity contribution in [3.63, 3.8) is 0 Å². The van der Waals surface area contributed by atoms with Gasteiger partial charge in [0.2, 0.25) is 5.91 Å². The van der Waals surface area contributed by atoms with Crippen molar-refractivity contribution in [1.29, 1.82) is 0 Å². The van der Waals surface area contributed by atoms with E-state index in [0.717, 1.165) is 35.6 Å². The summed E-state index contributed by atoms with van der Waals surface area (Å²) in [6, 6.07) is 10.4. The van der Waals surface area contributed by atoms with Crippen LogP contribution in [0.5, 0.6) is 0 Å². The van der Waals surface area contributed by atoms with Crippen LogP contribution in [0, 0.1) is 19.7 Å². The average Bonchev–Trinajstić information content (AvgIpc) is 2.61. The summed E-state index contributed by atoms with van der Waals surface area (Å²) in [4.78, 5) is 16.5. The number of carbonyl (C=O) groups excluding carboxylic acids is 1. The fraction of sp³-hybridized carbons (Fsp3) is 0.350. The van der Waals surface area contributed by atoms with E-state index in [1.807, 2.05) is 30.9 Å². The predicted molar refractivity (Wildman–Crippen MR) is 105 cm³/mol. The molecule has 0 aliphatic carbocycles. The standard InChI is InChI=1S/C20H23ClFN3O/c1-14-11-15(2)20(18(21)12-14)23-13-19(26)25-9-7-24(8-10-25)17-5-3-16(22)4-6-17/h3-6,11-12,23H,7-10,13H2,1-2H3. The Kier molecular flexibility index (Phi) is 5.67. The number of nitrogens with zero attached hydrogens (tertiary/aromatic N) is 2. The Morgan fingerprint density at radius 1 is 1.12 bits per heavy atom. The Morgan fingerprint density at radius 2 is 1.77 bits per heavy atom. The first-order valence-corrected chi connectivity index (χ1v) is 9.11. The fourth-order valence-corrected chi connectivity index (χ4v) is 3.67. The number of carbonyl (C=O) groups is 1. The van der Waals surface area contributed by atoms with Crippen molar-refractivity contribution in [2.24, 2.45) is 0 Å². The van der Waals surface area contributed by atoms with Crippen LogP contribution in [0.15, 0.2) is 36.4 Å². The summed E-state index contributed by atoms with van der Waals surface area (Å²) in [5, 5.41) is 3.81. The fourth-order valence-electron chi connectivity index (χ4n) is 3.28. The molecule has 0 bridgehead atoms. The second kappa shape index (κ2) is 7.96. The Hall–Kier alpha value is -2.27. The van der Waals surface area contributed by atoms with Gasteiger partial charge in [-0.3, -0.25) is 4.79 Å². The number of benzene rings is 2. The number of hydrogen-bond donors (Lipinski definition) is 1. The molecule has 0 radical (unpaired) electrons. The predicted octanol–water partition coefficient (Wildman–Crippen LogP) is 3.86. The smallest absolute Gasteiger partial charge is 0.241 e. The third-order valence-electron chi connectivity index (χ3n) is 4.67. The molecule has 0 atom stereocenters. The van der Waals surface area contributed by atoms with Gasteiger partial charge in [-0.05, 0) is 55.3 Å². The second-order valence-corrected chi connectivity index (χ2v) is 7.04. The van der Waals surface area contributed by atoms with Crippen molar-refractivity contribution < 1.29 is 9.18 Å². The molecule has 1 N–H and O–H groups in total. The Morgan fingerprint density at radius 3 is 2.38 bits per heavy atom. The highest BCUT2D eigenvalue weighted by Gasteiger charge is 2.21. The molecule has 3 rings (SSSR count). The normalized spacial score (nSPS) is 14.5. The topological polar surface area (TPSA) is 35.6 Å². The number of rotatable bonds is 4. The summed E-state index contributed by atoms with van der Waals surface area (Å²) in [5.41, 5.74) is 3.93. The maximum Gasteiger partial charge on any atom is 0.241 e. The van der Waals surface area contributed by atoms with Gasteiger partial charge in [0.25, 0.3) is 0 Å². The molecule has 26 heavy (non-hydrogen) atoms. The zero-order chi connectivity index (χ0) is 18.7. The van der Waals surface area contributed by atoms with Crippen LogP contribution >= 0.6 is 11.6 Å². The van der Waals surface area contributed by atoms with E-state index >= 15 is 0 Å². The number of aryl methyl sites for hydroxylation is 2. The lowest BCUT2D eigenvalue weighted by molar-refractivity contribution is -0.129. The molecule has 138 valence electrons. The van der Waals surface area contributed by atoms with Gasteiger partial charge in [-0.2, -0.15) is 0 Å². The monoisotopic (exact) mass is 375 g/mol. The molecule has 1 fully saturated rings. The summed E-state index contributed by atoms with van der Waals surface area (Å²) in [5.74, 6) is -0.182. The van der Waals surface area contributed by atoms with Crippen LogP contribution in [0.3, 0.4) is 0 Å². The molecule has 1 saturated heterocycles. The molecule has 2 aromatic rings. The number of halogens is 2. The van der Waals surface area contributed by atoms with Crippen molar-refractivity contribution in [3.05, 3.63) is 58.4 Å². The Labute approximate surface area is 158 Å². The molecule has 1 aliphatic heterocycles. The van der Waals surface area contributed by atoms with Crippen LogP contribution in [0.4, 0.5) is 15.8 Å². The van der Waals surface area contributed by atoms with Crippen molar-refractivity contribution >= 4 is 28.9 Å². The SMILES string of the molecule is Cc1cc(C)c(NCC(=O)N2CCN(c3ccc(F)cc3)CC2)c(Cl)c1. The van der Waals surface area contributed by atoms with E-state index < -0.39 is 0 Å². The molecule has 0 saturated carbocycles. The van der Waals surface area contributed by atoms with Crippen LogP contribution in [-0.2, 0) is 4.79 Å². The van der Waals surface area contributed by atoms with E-state index in [2.05, 4.69) is 10.2 Å². The van der Waals surface area contributed by atoms with Crippen LogP contribution in [-0.4, -0.2) is 43.5 Å². The van der Waals surface area contributed by atoms with E-state index in [1.54, 1.807) is 12.1 Å². The maximum atomic E-state index is 13.0.